The van der Waals surface area contributed by atoms with Crippen LogP contribution in [0.15, 0.2) is 6.20 Å². The van der Waals surface area contributed by atoms with Crippen molar-refractivity contribution in [3.63, 3.8) is 0 Å². The summed E-state index contributed by atoms with van der Waals surface area (Å²) in [6, 6.07) is -0.356. The molecule has 6 nitrogen and oxygen atoms in total. The first-order chi connectivity index (χ1) is 7.19. The van der Waals surface area contributed by atoms with Gasteiger partial charge in [-0.1, -0.05) is 5.21 Å². The molecule has 0 spiro atoms. The standard InChI is InChI=1S/C9H16N4O2/c1-7(9(15)10-2)13-6-8(11-12-13)4-3-5-14/h6-7,14H,3-5H2,1-2H3,(H,10,15). The maximum absolute atomic E-state index is 11.3. The molecule has 1 amide bonds. The third kappa shape index (κ3) is 3.02. The van der Waals surface area contributed by atoms with Gasteiger partial charge in [0.15, 0.2) is 0 Å². The Hall–Kier alpha value is -1.43. The number of aliphatic hydroxyl groups excluding tert-OH is 1. The third-order valence-electron chi connectivity index (χ3n) is 2.17. The van der Waals surface area contributed by atoms with E-state index in [0.717, 1.165) is 5.69 Å². The number of likely N-dealkylation sites (N-methyl/N-ethyl adjacent to an activating group) is 1. The topological polar surface area (TPSA) is 80.0 Å². The predicted octanol–water partition coefficient (Wildman–Crippen LogP) is -0.490. The van der Waals surface area contributed by atoms with E-state index in [9.17, 15) is 4.79 Å². The normalized spacial score (nSPS) is 12.5. The summed E-state index contributed by atoms with van der Waals surface area (Å²) in [7, 11) is 1.59. The van der Waals surface area contributed by atoms with E-state index in [2.05, 4.69) is 15.6 Å². The van der Waals surface area contributed by atoms with Crippen LogP contribution in [0.4, 0.5) is 0 Å². The van der Waals surface area contributed by atoms with E-state index in [1.165, 1.54) is 4.68 Å². The molecule has 0 saturated heterocycles. The van der Waals surface area contributed by atoms with Crippen LogP contribution in [0, 0.1) is 0 Å². The third-order valence-corrected chi connectivity index (χ3v) is 2.17. The highest BCUT2D eigenvalue weighted by molar-refractivity contribution is 5.79. The van der Waals surface area contributed by atoms with Crippen molar-refractivity contribution in [2.75, 3.05) is 13.7 Å². The summed E-state index contributed by atoms with van der Waals surface area (Å²) < 4.78 is 1.52. The molecule has 0 aliphatic heterocycles. The van der Waals surface area contributed by atoms with Crippen LogP contribution in [0.5, 0.6) is 0 Å². The number of aryl methyl sites for hydroxylation is 1. The maximum atomic E-state index is 11.3. The molecule has 0 aromatic carbocycles. The van der Waals surface area contributed by atoms with Crippen molar-refractivity contribution < 1.29 is 9.90 Å². The summed E-state index contributed by atoms with van der Waals surface area (Å²) in [5, 5.41) is 19.0. The fourth-order valence-electron chi connectivity index (χ4n) is 1.21. The van der Waals surface area contributed by atoms with Crippen molar-refractivity contribution in [1.29, 1.82) is 0 Å². The molecule has 1 aromatic heterocycles. The number of hydrogen-bond acceptors (Lipinski definition) is 4. The smallest absolute Gasteiger partial charge is 0.244 e. The van der Waals surface area contributed by atoms with Crippen LogP contribution in [0.2, 0.25) is 0 Å². The number of hydrogen-bond donors (Lipinski definition) is 2. The predicted molar refractivity (Wildman–Crippen MR) is 54.2 cm³/mol. The summed E-state index contributed by atoms with van der Waals surface area (Å²) in [5.41, 5.74) is 0.791. The zero-order valence-electron chi connectivity index (χ0n) is 8.97. The Morgan fingerprint density at radius 1 is 1.73 bits per heavy atom. The summed E-state index contributed by atoms with van der Waals surface area (Å²) in [4.78, 5) is 11.3. The molecule has 0 radical (unpaired) electrons. The van der Waals surface area contributed by atoms with E-state index in [1.807, 2.05) is 0 Å². The van der Waals surface area contributed by atoms with Crippen LogP contribution in [-0.4, -0.2) is 39.7 Å². The van der Waals surface area contributed by atoms with Crippen molar-refractivity contribution in [3.8, 4) is 0 Å². The Labute approximate surface area is 88.3 Å². The molecule has 1 rings (SSSR count). The van der Waals surface area contributed by atoms with Crippen LogP contribution in [0.25, 0.3) is 0 Å². The lowest BCUT2D eigenvalue weighted by Crippen LogP contribution is -2.28. The van der Waals surface area contributed by atoms with E-state index >= 15 is 0 Å². The van der Waals surface area contributed by atoms with E-state index in [0.29, 0.717) is 12.8 Å². The average Bonchev–Trinajstić information content (AvgIpc) is 2.72. The molecule has 15 heavy (non-hydrogen) atoms. The fourth-order valence-corrected chi connectivity index (χ4v) is 1.21. The maximum Gasteiger partial charge on any atom is 0.244 e. The Bertz CT molecular complexity index is 324. The van der Waals surface area contributed by atoms with Gasteiger partial charge in [-0.15, -0.1) is 5.10 Å². The van der Waals surface area contributed by atoms with Gasteiger partial charge in [0.2, 0.25) is 5.91 Å². The lowest BCUT2D eigenvalue weighted by molar-refractivity contribution is -0.123. The Balaban J connectivity index is 2.62. The van der Waals surface area contributed by atoms with E-state index in [1.54, 1.807) is 20.2 Å². The highest BCUT2D eigenvalue weighted by atomic mass is 16.2. The SMILES string of the molecule is CNC(=O)C(C)n1cc(CCCO)nn1. The molecule has 0 saturated carbocycles. The summed E-state index contributed by atoms with van der Waals surface area (Å²) in [6.45, 7) is 1.89. The first kappa shape index (κ1) is 11.6. The molecule has 0 aliphatic carbocycles. The minimum absolute atomic E-state index is 0.103. The van der Waals surface area contributed by atoms with Gasteiger partial charge >= 0.3 is 0 Å². The monoisotopic (exact) mass is 212 g/mol. The molecule has 0 bridgehead atoms. The lowest BCUT2D eigenvalue weighted by atomic mass is 10.2. The number of carbonyl (C=O) groups is 1. The van der Waals surface area contributed by atoms with Gasteiger partial charge in [0.1, 0.15) is 6.04 Å². The summed E-state index contributed by atoms with van der Waals surface area (Å²) >= 11 is 0. The highest BCUT2D eigenvalue weighted by Gasteiger charge is 2.14. The molecular weight excluding hydrogens is 196 g/mol. The quantitative estimate of drug-likeness (QED) is 0.690. The van der Waals surface area contributed by atoms with Crippen molar-refractivity contribution in [1.82, 2.24) is 20.3 Å². The number of nitrogens with one attached hydrogen (secondary N) is 1. The molecule has 2 N–H and O–H groups in total. The van der Waals surface area contributed by atoms with E-state index < -0.39 is 0 Å². The van der Waals surface area contributed by atoms with Gasteiger partial charge in [-0.2, -0.15) is 0 Å². The molecule has 84 valence electrons. The van der Waals surface area contributed by atoms with Gasteiger partial charge in [0.05, 0.1) is 5.69 Å². The van der Waals surface area contributed by atoms with Crippen molar-refractivity contribution in [2.24, 2.45) is 0 Å². The van der Waals surface area contributed by atoms with Crippen molar-refractivity contribution in [3.05, 3.63) is 11.9 Å². The fraction of sp³-hybridized carbons (Fsp3) is 0.667. The van der Waals surface area contributed by atoms with Gasteiger partial charge in [0.25, 0.3) is 0 Å². The second kappa shape index (κ2) is 5.45. The molecular formula is C9H16N4O2. The number of amides is 1. The molecule has 0 aliphatic rings. The van der Waals surface area contributed by atoms with E-state index in [-0.39, 0.29) is 18.6 Å². The number of nitrogens with zero attached hydrogens (tertiary/aromatic N) is 3. The van der Waals surface area contributed by atoms with Crippen LogP contribution < -0.4 is 5.32 Å². The molecule has 1 aromatic rings. The first-order valence-corrected chi connectivity index (χ1v) is 4.92. The highest BCUT2D eigenvalue weighted by Crippen LogP contribution is 2.05. The Morgan fingerprint density at radius 2 is 2.47 bits per heavy atom. The Kier molecular flexibility index (Phi) is 4.23. The van der Waals surface area contributed by atoms with Crippen molar-refractivity contribution >= 4 is 5.91 Å². The van der Waals surface area contributed by atoms with Crippen LogP contribution in [0.3, 0.4) is 0 Å². The van der Waals surface area contributed by atoms with Crippen molar-refractivity contribution in [2.45, 2.75) is 25.8 Å². The average molecular weight is 212 g/mol. The number of aliphatic hydroxyl groups is 1. The number of rotatable bonds is 5. The van der Waals surface area contributed by atoms with Gasteiger partial charge < -0.3 is 10.4 Å². The largest absolute Gasteiger partial charge is 0.396 e. The molecule has 0 fully saturated rings. The summed E-state index contributed by atoms with van der Waals surface area (Å²) in [6.07, 6.45) is 3.07. The minimum atomic E-state index is -0.356. The Morgan fingerprint density at radius 3 is 3.07 bits per heavy atom. The van der Waals surface area contributed by atoms with Crippen LogP contribution >= 0.6 is 0 Å². The second-order valence-electron chi connectivity index (χ2n) is 3.31. The van der Waals surface area contributed by atoms with Crippen LogP contribution in [0.1, 0.15) is 25.1 Å². The van der Waals surface area contributed by atoms with Crippen LogP contribution in [-0.2, 0) is 11.2 Å². The number of aromatic nitrogens is 3. The first-order valence-electron chi connectivity index (χ1n) is 4.92. The van der Waals surface area contributed by atoms with Gasteiger partial charge in [-0.3, -0.25) is 4.79 Å². The minimum Gasteiger partial charge on any atom is -0.396 e. The molecule has 1 unspecified atom stereocenters. The summed E-state index contributed by atoms with van der Waals surface area (Å²) in [5.74, 6) is -0.103. The zero-order valence-corrected chi connectivity index (χ0v) is 8.97. The zero-order chi connectivity index (χ0) is 11.3. The molecule has 1 heterocycles. The molecule has 6 heteroatoms. The number of carbonyl (C=O) groups excluding carboxylic acids is 1. The van der Waals surface area contributed by atoms with Gasteiger partial charge in [-0.05, 0) is 19.8 Å². The molecule has 1 atom stereocenters. The second-order valence-corrected chi connectivity index (χ2v) is 3.31. The van der Waals surface area contributed by atoms with E-state index in [4.69, 9.17) is 5.11 Å². The van der Waals surface area contributed by atoms with Gasteiger partial charge in [0, 0.05) is 19.9 Å². The van der Waals surface area contributed by atoms with Gasteiger partial charge in [-0.25, -0.2) is 4.68 Å². The lowest BCUT2D eigenvalue weighted by Gasteiger charge is -2.08.